The quantitative estimate of drug-likeness (QED) is 0.816. The number of carbonyl (C=O) groups excluding carboxylic acids is 1. The van der Waals surface area contributed by atoms with E-state index < -0.39 is 0 Å². The minimum atomic E-state index is -0.160. The van der Waals surface area contributed by atoms with Gasteiger partial charge in [-0.15, -0.1) is 0 Å². The maximum Gasteiger partial charge on any atom is 0.270 e. The van der Waals surface area contributed by atoms with Crippen LogP contribution in [0.2, 0.25) is 0 Å². The molecule has 6 nitrogen and oxygen atoms in total. The van der Waals surface area contributed by atoms with E-state index in [1.807, 2.05) is 0 Å². The van der Waals surface area contributed by atoms with Crippen molar-refractivity contribution in [3.05, 3.63) is 18.0 Å². The molecule has 2 heterocycles. The molecule has 6 heteroatoms. The molecule has 1 amide bonds. The molecule has 126 valence electrons. The third kappa shape index (κ3) is 4.89. The average molecular weight is 318 g/mol. The maximum atomic E-state index is 12.2. The van der Waals surface area contributed by atoms with E-state index in [2.05, 4.69) is 20.6 Å². The number of amides is 1. The van der Waals surface area contributed by atoms with Crippen LogP contribution in [0.1, 0.15) is 61.9 Å². The zero-order valence-corrected chi connectivity index (χ0v) is 13.6. The highest BCUT2D eigenvalue weighted by Crippen LogP contribution is 2.19. The Morgan fingerprint density at radius 1 is 1.17 bits per heavy atom. The van der Waals surface area contributed by atoms with Gasteiger partial charge in [0, 0.05) is 25.4 Å². The Balaban J connectivity index is 1.54. The fraction of sp³-hybridized carbons (Fsp3) is 0.706. The number of anilines is 1. The third-order valence-electron chi connectivity index (χ3n) is 4.59. The number of aromatic nitrogens is 2. The molecule has 1 aromatic heterocycles. The van der Waals surface area contributed by atoms with Gasteiger partial charge in [-0.3, -0.25) is 4.79 Å². The molecule has 1 saturated carbocycles. The van der Waals surface area contributed by atoms with E-state index >= 15 is 0 Å². The number of nitrogens with zero attached hydrogens (tertiary/aromatic N) is 2. The summed E-state index contributed by atoms with van der Waals surface area (Å²) in [5, 5.41) is 6.29. The first-order chi connectivity index (χ1) is 11.3. The smallest absolute Gasteiger partial charge is 0.270 e. The van der Waals surface area contributed by atoms with Crippen LogP contribution in [0.15, 0.2) is 12.3 Å². The van der Waals surface area contributed by atoms with Gasteiger partial charge < -0.3 is 15.4 Å². The molecule has 0 radical (unpaired) electrons. The third-order valence-corrected chi connectivity index (χ3v) is 4.59. The summed E-state index contributed by atoms with van der Waals surface area (Å²) >= 11 is 0. The highest BCUT2D eigenvalue weighted by Gasteiger charge is 2.18. The highest BCUT2D eigenvalue weighted by molar-refractivity contribution is 5.92. The van der Waals surface area contributed by atoms with Crippen LogP contribution in [0.5, 0.6) is 0 Å². The highest BCUT2D eigenvalue weighted by atomic mass is 16.5. The van der Waals surface area contributed by atoms with Crippen molar-refractivity contribution in [2.75, 3.05) is 18.5 Å². The SMILES string of the molecule is O=C(NCC1CCCO1)c1ccnc(NC2CCCCCC2)n1. The Kier molecular flexibility index (Phi) is 5.80. The first-order valence-corrected chi connectivity index (χ1v) is 8.80. The molecule has 1 atom stereocenters. The molecule has 2 fully saturated rings. The van der Waals surface area contributed by atoms with Crippen molar-refractivity contribution in [1.82, 2.24) is 15.3 Å². The van der Waals surface area contributed by atoms with Crippen molar-refractivity contribution in [2.45, 2.75) is 63.5 Å². The summed E-state index contributed by atoms with van der Waals surface area (Å²) < 4.78 is 5.52. The molecular formula is C17H26N4O2. The molecule has 3 rings (SSSR count). The number of ether oxygens (including phenoxy) is 1. The van der Waals surface area contributed by atoms with E-state index in [1.165, 1.54) is 25.7 Å². The van der Waals surface area contributed by atoms with Crippen molar-refractivity contribution in [3.63, 3.8) is 0 Å². The Bertz CT molecular complexity index is 509. The van der Waals surface area contributed by atoms with Crippen LogP contribution in [0, 0.1) is 0 Å². The van der Waals surface area contributed by atoms with Crippen molar-refractivity contribution >= 4 is 11.9 Å². The molecular weight excluding hydrogens is 292 g/mol. The zero-order chi connectivity index (χ0) is 15.9. The molecule has 1 aliphatic carbocycles. The predicted molar refractivity (Wildman–Crippen MR) is 88.5 cm³/mol. The summed E-state index contributed by atoms with van der Waals surface area (Å²) in [5.41, 5.74) is 0.411. The molecule has 0 bridgehead atoms. The largest absolute Gasteiger partial charge is 0.376 e. The molecule has 2 N–H and O–H groups in total. The molecule has 0 aromatic carbocycles. The summed E-state index contributed by atoms with van der Waals surface area (Å²) in [5.74, 6) is 0.397. The van der Waals surface area contributed by atoms with Gasteiger partial charge in [-0.25, -0.2) is 9.97 Å². The normalized spacial score (nSPS) is 22.5. The number of rotatable bonds is 5. The molecule has 1 aliphatic heterocycles. The second-order valence-electron chi connectivity index (χ2n) is 6.44. The number of hydrogen-bond donors (Lipinski definition) is 2. The second-order valence-corrected chi connectivity index (χ2v) is 6.44. The van der Waals surface area contributed by atoms with Crippen molar-refractivity contribution < 1.29 is 9.53 Å². The zero-order valence-electron chi connectivity index (χ0n) is 13.6. The lowest BCUT2D eigenvalue weighted by Gasteiger charge is -2.16. The summed E-state index contributed by atoms with van der Waals surface area (Å²) in [7, 11) is 0. The average Bonchev–Trinajstić information content (AvgIpc) is 2.97. The molecule has 1 aromatic rings. The maximum absolute atomic E-state index is 12.2. The van der Waals surface area contributed by atoms with E-state index in [0.717, 1.165) is 32.3 Å². The lowest BCUT2D eigenvalue weighted by Crippen LogP contribution is -2.32. The fourth-order valence-electron chi connectivity index (χ4n) is 3.26. The van der Waals surface area contributed by atoms with Gasteiger partial charge in [-0.05, 0) is 31.7 Å². The van der Waals surface area contributed by atoms with Gasteiger partial charge in [0.05, 0.1) is 6.10 Å². The fourth-order valence-corrected chi connectivity index (χ4v) is 3.26. The molecule has 1 unspecified atom stereocenters. The second kappa shape index (κ2) is 8.24. The van der Waals surface area contributed by atoms with E-state index in [1.54, 1.807) is 12.3 Å². The Morgan fingerprint density at radius 3 is 2.74 bits per heavy atom. The summed E-state index contributed by atoms with van der Waals surface area (Å²) in [6, 6.07) is 2.08. The van der Waals surface area contributed by atoms with Gasteiger partial charge in [0.15, 0.2) is 0 Å². The van der Waals surface area contributed by atoms with E-state index in [-0.39, 0.29) is 12.0 Å². The molecule has 2 aliphatic rings. The van der Waals surface area contributed by atoms with Gasteiger partial charge in [-0.2, -0.15) is 0 Å². The van der Waals surface area contributed by atoms with Gasteiger partial charge in [0.1, 0.15) is 5.69 Å². The Labute approximate surface area is 137 Å². The summed E-state index contributed by atoms with van der Waals surface area (Å²) in [4.78, 5) is 20.8. The standard InChI is InChI=1S/C17H26N4O2/c22-16(19-12-14-8-5-11-23-14)15-9-10-18-17(21-15)20-13-6-3-1-2-4-7-13/h9-10,13-14H,1-8,11-12H2,(H,19,22)(H,18,20,21). The van der Waals surface area contributed by atoms with Crippen molar-refractivity contribution in [2.24, 2.45) is 0 Å². The van der Waals surface area contributed by atoms with Gasteiger partial charge >= 0.3 is 0 Å². The van der Waals surface area contributed by atoms with E-state index in [4.69, 9.17) is 4.74 Å². The molecule has 1 saturated heterocycles. The Morgan fingerprint density at radius 2 is 2.00 bits per heavy atom. The minimum Gasteiger partial charge on any atom is -0.376 e. The number of carbonyl (C=O) groups is 1. The topological polar surface area (TPSA) is 76.1 Å². The first kappa shape index (κ1) is 16.2. The van der Waals surface area contributed by atoms with E-state index in [9.17, 15) is 4.79 Å². The summed E-state index contributed by atoms with van der Waals surface area (Å²) in [6.07, 6.45) is 11.3. The van der Waals surface area contributed by atoms with Crippen LogP contribution in [0.25, 0.3) is 0 Å². The van der Waals surface area contributed by atoms with Crippen LogP contribution in [-0.4, -0.2) is 41.2 Å². The molecule has 23 heavy (non-hydrogen) atoms. The lowest BCUT2D eigenvalue weighted by molar-refractivity contribution is 0.0853. The van der Waals surface area contributed by atoms with Crippen LogP contribution in [0.4, 0.5) is 5.95 Å². The van der Waals surface area contributed by atoms with Gasteiger partial charge in [0.2, 0.25) is 5.95 Å². The first-order valence-electron chi connectivity index (χ1n) is 8.80. The van der Waals surface area contributed by atoms with Crippen LogP contribution < -0.4 is 10.6 Å². The Hall–Kier alpha value is -1.69. The number of nitrogens with one attached hydrogen (secondary N) is 2. The van der Waals surface area contributed by atoms with Crippen LogP contribution in [0.3, 0.4) is 0 Å². The minimum absolute atomic E-state index is 0.143. The van der Waals surface area contributed by atoms with Gasteiger partial charge in [-0.1, -0.05) is 25.7 Å². The predicted octanol–water partition coefficient (Wildman–Crippen LogP) is 2.52. The van der Waals surface area contributed by atoms with Crippen LogP contribution >= 0.6 is 0 Å². The van der Waals surface area contributed by atoms with Crippen molar-refractivity contribution in [3.8, 4) is 0 Å². The van der Waals surface area contributed by atoms with Crippen LogP contribution in [-0.2, 0) is 4.74 Å². The molecule has 0 spiro atoms. The number of hydrogen-bond acceptors (Lipinski definition) is 5. The summed E-state index contributed by atoms with van der Waals surface area (Å²) in [6.45, 7) is 1.34. The van der Waals surface area contributed by atoms with Gasteiger partial charge in [0.25, 0.3) is 5.91 Å². The van der Waals surface area contributed by atoms with E-state index in [0.29, 0.717) is 24.2 Å². The lowest BCUT2D eigenvalue weighted by atomic mass is 10.1. The van der Waals surface area contributed by atoms with Crippen molar-refractivity contribution in [1.29, 1.82) is 0 Å². The monoisotopic (exact) mass is 318 g/mol.